The molecule has 0 bridgehead atoms. The third-order valence-corrected chi connectivity index (χ3v) is 2.79. The van der Waals surface area contributed by atoms with Crippen LogP contribution in [-0.4, -0.2) is 14.9 Å². The van der Waals surface area contributed by atoms with Crippen molar-refractivity contribution in [1.29, 1.82) is 0 Å². The molecule has 0 saturated carbocycles. The van der Waals surface area contributed by atoms with Gasteiger partial charge in [-0.1, -0.05) is 29.3 Å². The molecule has 0 saturated heterocycles. The summed E-state index contributed by atoms with van der Waals surface area (Å²) in [7, 11) is 0. The molecule has 0 unspecified atom stereocenters. The Labute approximate surface area is 96.9 Å². The topological polar surface area (TPSA) is 38.0 Å². The molecule has 3 nitrogen and oxygen atoms in total. The fourth-order valence-corrected chi connectivity index (χ4v) is 1.63. The zero-order chi connectivity index (χ0) is 10.8. The van der Waals surface area contributed by atoms with E-state index in [1.165, 1.54) is 0 Å². The SMILES string of the molecule is OCc1ccn(-c2cccc(Cl)c2Cl)n1. The Kier molecular flexibility index (Phi) is 2.95. The molecule has 0 spiro atoms. The average molecular weight is 243 g/mol. The second kappa shape index (κ2) is 4.23. The summed E-state index contributed by atoms with van der Waals surface area (Å²) in [6.07, 6.45) is 1.73. The lowest BCUT2D eigenvalue weighted by Gasteiger charge is -2.04. The van der Waals surface area contributed by atoms with Crippen molar-refractivity contribution in [3.63, 3.8) is 0 Å². The molecule has 1 N–H and O–H groups in total. The van der Waals surface area contributed by atoms with Crippen molar-refractivity contribution in [3.8, 4) is 5.69 Å². The van der Waals surface area contributed by atoms with Crippen LogP contribution in [0.25, 0.3) is 5.69 Å². The molecule has 1 heterocycles. The molecule has 0 aliphatic heterocycles. The zero-order valence-electron chi connectivity index (χ0n) is 7.69. The van der Waals surface area contributed by atoms with Crippen LogP contribution in [0.2, 0.25) is 10.0 Å². The largest absolute Gasteiger partial charge is 0.390 e. The van der Waals surface area contributed by atoms with E-state index in [1.807, 2.05) is 6.07 Å². The molecule has 78 valence electrons. The maximum Gasteiger partial charge on any atom is 0.0883 e. The molecular weight excluding hydrogens is 235 g/mol. The van der Waals surface area contributed by atoms with Crippen LogP contribution in [0.3, 0.4) is 0 Å². The van der Waals surface area contributed by atoms with Gasteiger partial charge in [-0.15, -0.1) is 0 Å². The summed E-state index contributed by atoms with van der Waals surface area (Å²) < 4.78 is 1.58. The lowest BCUT2D eigenvalue weighted by atomic mass is 10.3. The lowest BCUT2D eigenvalue weighted by Crippen LogP contribution is -1.97. The molecule has 0 fully saturated rings. The van der Waals surface area contributed by atoms with Crippen molar-refractivity contribution in [2.45, 2.75) is 6.61 Å². The molecule has 1 aromatic carbocycles. The molecular formula is C10H8Cl2N2O. The number of halogens is 2. The Morgan fingerprint density at radius 1 is 1.27 bits per heavy atom. The molecule has 0 aliphatic carbocycles. The summed E-state index contributed by atoms with van der Waals surface area (Å²) in [4.78, 5) is 0. The van der Waals surface area contributed by atoms with Crippen LogP contribution in [0, 0.1) is 0 Å². The summed E-state index contributed by atoms with van der Waals surface area (Å²) in [5, 5.41) is 13.9. The van der Waals surface area contributed by atoms with Gasteiger partial charge in [-0.25, -0.2) is 4.68 Å². The monoisotopic (exact) mass is 242 g/mol. The summed E-state index contributed by atoms with van der Waals surface area (Å²) in [5.41, 5.74) is 1.29. The van der Waals surface area contributed by atoms with Gasteiger partial charge in [0.1, 0.15) is 0 Å². The maximum absolute atomic E-state index is 8.89. The summed E-state index contributed by atoms with van der Waals surface area (Å²) in [5.74, 6) is 0. The van der Waals surface area contributed by atoms with Gasteiger partial charge in [0.15, 0.2) is 0 Å². The Morgan fingerprint density at radius 2 is 2.07 bits per heavy atom. The van der Waals surface area contributed by atoms with E-state index in [4.69, 9.17) is 28.3 Å². The van der Waals surface area contributed by atoms with Gasteiger partial charge in [-0.3, -0.25) is 0 Å². The van der Waals surface area contributed by atoms with Crippen molar-refractivity contribution >= 4 is 23.2 Å². The smallest absolute Gasteiger partial charge is 0.0883 e. The molecule has 0 amide bonds. The van der Waals surface area contributed by atoms with Gasteiger partial charge in [0.25, 0.3) is 0 Å². The van der Waals surface area contributed by atoms with E-state index in [-0.39, 0.29) is 6.61 Å². The van der Waals surface area contributed by atoms with E-state index in [2.05, 4.69) is 5.10 Å². The first kappa shape index (κ1) is 10.5. The number of hydrogen-bond donors (Lipinski definition) is 1. The van der Waals surface area contributed by atoms with Crippen LogP contribution in [0.1, 0.15) is 5.69 Å². The number of rotatable bonds is 2. The maximum atomic E-state index is 8.89. The minimum atomic E-state index is -0.0921. The molecule has 15 heavy (non-hydrogen) atoms. The van der Waals surface area contributed by atoms with Crippen molar-refractivity contribution < 1.29 is 5.11 Å². The number of benzene rings is 1. The van der Waals surface area contributed by atoms with E-state index in [0.717, 1.165) is 0 Å². The first-order valence-electron chi connectivity index (χ1n) is 4.32. The van der Waals surface area contributed by atoms with E-state index in [0.29, 0.717) is 21.4 Å². The fraction of sp³-hybridized carbons (Fsp3) is 0.100. The van der Waals surface area contributed by atoms with Gasteiger partial charge < -0.3 is 5.11 Å². The average Bonchev–Trinajstić information content (AvgIpc) is 2.70. The molecule has 0 atom stereocenters. The van der Waals surface area contributed by atoms with Gasteiger partial charge in [-0.05, 0) is 18.2 Å². The lowest BCUT2D eigenvalue weighted by molar-refractivity contribution is 0.276. The van der Waals surface area contributed by atoms with E-state index < -0.39 is 0 Å². The number of aromatic nitrogens is 2. The fourth-order valence-electron chi connectivity index (χ4n) is 1.25. The van der Waals surface area contributed by atoms with Crippen molar-refractivity contribution in [2.24, 2.45) is 0 Å². The third-order valence-electron chi connectivity index (χ3n) is 1.98. The zero-order valence-corrected chi connectivity index (χ0v) is 9.20. The normalized spacial score (nSPS) is 10.6. The minimum Gasteiger partial charge on any atom is -0.390 e. The number of hydrogen-bond acceptors (Lipinski definition) is 2. The Morgan fingerprint density at radius 3 is 2.73 bits per heavy atom. The van der Waals surface area contributed by atoms with Crippen molar-refractivity contribution in [1.82, 2.24) is 9.78 Å². The minimum absolute atomic E-state index is 0.0921. The van der Waals surface area contributed by atoms with Crippen molar-refractivity contribution in [3.05, 3.63) is 46.2 Å². The highest BCUT2D eigenvalue weighted by Gasteiger charge is 2.07. The third kappa shape index (κ3) is 2.00. The van der Waals surface area contributed by atoms with E-state index in [9.17, 15) is 0 Å². The Hall–Kier alpha value is -1.03. The molecule has 0 radical (unpaired) electrons. The quantitative estimate of drug-likeness (QED) is 0.880. The Balaban J connectivity index is 2.49. The van der Waals surface area contributed by atoms with Gasteiger partial charge in [0.2, 0.25) is 0 Å². The molecule has 2 aromatic rings. The highest BCUT2D eigenvalue weighted by atomic mass is 35.5. The summed E-state index contributed by atoms with van der Waals surface area (Å²) in [6, 6.07) is 7.04. The van der Waals surface area contributed by atoms with Crippen LogP contribution in [-0.2, 0) is 6.61 Å². The van der Waals surface area contributed by atoms with Crippen LogP contribution < -0.4 is 0 Å². The molecule has 0 aliphatic rings. The summed E-state index contributed by atoms with van der Waals surface area (Å²) in [6.45, 7) is -0.0921. The van der Waals surface area contributed by atoms with Crippen LogP contribution in [0.5, 0.6) is 0 Å². The first-order chi connectivity index (χ1) is 7.22. The molecule has 1 aromatic heterocycles. The van der Waals surface area contributed by atoms with Crippen LogP contribution >= 0.6 is 23.2 Å². The molecule has 5 heteroatoms. The number of nitrogens with zero attached hydrogens (tertiary/aromatic N) is 2. The summed E-state index contributed by atoms with van der Waals surface area (Å²) >= 11 is 11.9. The van der Waals surface area contributed by atoms with Crippen LogP contribution in [0.15, 0.2) is 30.5 Å². The van der Waals surface area contributed by atoms with Gasteiger partial charge >= 0.3 is 0 Å². The standard InChI is InChI=1S/C10H8Cl2N2O/c11-8-2-1-3-9(10(8)12)14-5-4-7(6-15)13-14/h1-5,15H,6H2. The number of aliphatic hydroxyl groups excluding tert-OH is 1. The Bertz CT molecular complexity index is 482. The predicted octanol–water partition coefficient (Wildman–Crippen LogP) is 2.67. The number of aliphatic hydroxyl groups is 1. The second-order valence-electron chi connectivity index (χ2n) is 2.98. The highest BCUT2D eigenvalue weighted by molar-refractivity contribution is 6.43. The van der Waals surface area contributed by atoms with Gasteiger partial charge in [0.05, 0.1) is 28.0 Å². The molecule has 2 rings (SSSR count). The van der Waals surface area contributed by atoms with E-state index in [1.54, 1.807) is 29.1 Å². The highest BCUT2D eigenvalue weighted by Crippen LogP contribution is 2.27. The predicted molar refractivity (Wildman–Crippen MR) is 59.5 cm³/mol. The first-order valence-corrected chi connectivity index (χ1v) is 5.08. The van der Waals surface area contributed by atoms with E-state index >= 15 is 0 Å². The second-order valence-corrected chi connectivity index (χ2v) is 3.77. The van der Waals surface area contributed by atoms with Gasteiger partial charge in [0, 0.05) is 6.20 Å². The van der Waals surface area contributed by atoms with Gasteiger partial charge in [-0.2, -0.15) is 5.10 Å². The van der Waals surface area contributed by atoms with Crippen molar-refractivity contribution in [2.75, 3.05) is 0 Å². The van der Waals surface area contributed by atoms with Crippen LogP contribution in [0.4, 0.5) is 0 Å².